The third-order valence-electron chi connectivity index (χ3n) is 3.23. The molecule has 0 spiro atoms. The van der Waals surface area contributed by atoms with E-state index in [1.165, 1.54) is 0 Å². The zero-order chi connectivity index (χ0) is 15.3. The zero-order valence-corrected chi connectivity index (χ0v) is 14.5. The summed E-state index contributed by atoms with van der Waals surface area (Å²) in [7, 11) is 0. The van der Waals surface area contributed by atoms with Gasteiger partial charge in [0.25, 0.3) is 0 Å². The lowest BCUT2D eigenvalue weighted by molar-refractivity contribution is -0.0362. The highest BCUT2D eigenvalue weighted by atomic mass is 35.5. The summed E-state index contributed by atoms with van der Waals surface area (Å²) in [6.45, 7) is 12.2. The Balaban J connectivity index is 3.16. The number of hydrogen-bond donors (Lipinski definition) is 1. The summed E-state index contributed by atoms with van der Waals surface area (Å²) in [6, 6.07) is 5.87. The minimum absolute atomic E-state index is 0.0228. The molecule has 0 saturated heterocycles. The van der Waals surface area contributed by atoms with Gasteiger partial charge in [-0.25, -0.2) is 0 Å². The Morgan fingerprint density at radius 3 is 2.25 bits per heavy atom. The van der Waals surface area contributed by atoms with Crippen LogP contribution in [0.4, 0.5) is 0 Å². The second-order valence-electron chi connectivity index (χ2n) is 5.95. The lowest BCUT2D eigenvalue weighted by Gasteiger charge is -2.37. The summed E-state index contributed by atoms with van der Waals surface area (Å²) in [5, 5.41) is 4.67. The van der Waals surface area contributed by atoms with E-state index in [2.05, 4.69) is 33.0 Å². The fourth-order valence-corrected chi connectivity index (χ4v) is 2.66. The molecule has 0 aromatic heterocycles. The molecule has 1 aromatic carbocycles. The van der Waals surface area contributed by atoms with Gasteiger partial charge in [-0.3, -0.25) is 0 Å². The average Bonchev–Trinajstić information content (AvgIpc) is 2.36. The van der Waals surface area contributed by atoms with Crippen molar-refractivity contribution in [1.29, 1.82) is 0 Å². The van der Waals surface area contributed by atoms with Gasteiger partial charge >= 0.3 is 0 Å². The Morgan fingerprint density at radius 1 is 1.15 bits per heavy atom. The molecular weight excluding hydrogens is 293 g/mol. The smallest absolute Gasteiger partial charge is 0.0817 e. The van der Waals surface area contributed by atoms with E-state index in [-0.39, 0.29) is 17.6 Å². The lowest BCUT2D eigenvalue weighted by Crippen LogP contribution is -2.42. The standard InChI is InChI=1S/C16H25Cl2NO/c1-6-19-14(15(20-7-2)16(3,4)5)11-8-9-12(17)13(18)10-11/h8-10,14-15,19H,6-7H2,1-5H3. The van der Waals surface area contributed by atoms with Crippen LogP contribution < -0.4 is 5.32 Å². The molecule has 2 unspecified atom stereocenters. The highest BCUT2D eigenvalue weighted by Gasteiger charge is 2.33. The molecule has 0 radical (unpaired) electrons. The number of likely N-dealkylation sites (N-methyl/N-ethyl adjacent to an activating group) is 1. The summed E-state index contributed by atoms with van der Waals surface area (Å²) in [5.74, 6) is 0. The fraction of sp³-hybridized carbons (Fsp3) is 0.625. The fourth-order valence-electron chi connectivity index (χ4n) is 2.35. The van der Waals surface area contributed by atoms with Gasteiger partial charge in [0, 0.05) is 6.61 Å². The summed E-state index contributed by atoms with van der Waals surface area (Å²) in [5.41, 5.74) is 1.13. The highest BCUT2D eigenvalue weighted by Crippen LogP contribution is 2.35. The molecule has 1 rings (SSSR count). The van der Waals surface area contributed by atoms with Crippen molar-refractivity contribution >= 4 is 23.2 Å². The second kappa shape index (κ2) is 7.65. The monoisotopic (exact) mass is 317 g/mol. The number of nitrogens with one attached hydrogen (secondary N) is 1. The second-order valence-corrected chi connectivity index (χ2v) is 6.77. The summed E-state index contributed by atoms with van der Waals surface area (Å²) >= 11 is 12.2. The van der Waals surface area contributed by atoms with E-state index >= 15 is 0 Å². The highest BCUT2D eigenvalue weighted by molar-refractivity contribution is 6.42. The maximum absolute atomic E-state index is 6.15. The van der Waals surface area contributed by atoms with Crippen molar-refractivity contribution in [3.05, 3.63) is 33.8 Å². The van der Waals surface area contributed by atoms with Crippen molar-refractivity contribution in [3.63, 3.8) is 0 Å². The Kier molecular flexibility index (Phi) is 6.80. The number of hydrogen-bond acceptors (Lipinski definition) is 2. The number of ether oxygens (including phenoxy) is 1. The normalized spacial score (nSPS) is 15.2. The van der Waals surface area contributed by atoms with Crippen molar-refractivity contribution in [2.24, 2.45) is 5.41 Å². The predicted octanol–water partition coefficient (Wildman–Crippen LogP) is 5.10. The van der Waals surface area contributed by atoms with Crippen LogP contribution in [0, 0.1) is 5.41 Å². The molecular formula is C16H25Cl2NO. The minimum atomic E-state index is 0.0228. The van der Waals surface area contributed by atoms with Crippen molar-refractivity contribution in [1.82, 2.24) is 5.32 Å². The van der Waals surface area contributed by atoms with Crippen molar-refractivity contribution < 1.29 is 4.74 Å². The van der Waals surface area contributed by atoms with Gasteiger partial charge in [0.15, 0.2) is 0 Å². The molecule has 1 N–H and O–H groups in total. The van der Waals surface area contributed by atoms with Crippen LogP contribution in [0.25, 0.3) is 0 Å². The minimum Gasteiger partial charge on any atom is -0.376 e. The Labute approximate surface area is 132 Å². The molecule has 4 heteroatoms. The lowest BCUT2D eigenvalue weighted by atomic mass is 9.82. The molecule has 20 heavy (non-hydrogen) atoms. The van der Waals surface area contributed by atoms with E-state index < -0.39 is 0 Å². The van der Waals surface area contributed by atoms with Crippen LogP contribution in [0.3, 0.4) is 0 Å². The van der Waals surface area contributed by atoms with Gasteiger partial charge < -0.3 is 10.1 Å². The van der Waals surface area contributed by atoms with Crippen molar-refractivity contribution in [3.8, 4) is 0 Å². The first-order chi connectivity index (χ1) is 9.31. The molecule has 2 nitrogen and oxygen atoms in total. The maximum atomic E-state index is 6.15. The van der Waals surface area contributed by atoms with Gasteiger partial charge in [-0.15, -0.1) is 0 Å². The van der Waals surface area contributed by atoms with Crippen LogP contribution in [0.5, 0.6) is 0 Å². The van der Waals surface area contributed by atoms with E-state index in [1.807, 2.05) is 25.1 Å². The van der Waals surface area contributed by atoms with Gasteiger partial charge in [-0.2, -0.15) is 0 Å². The molecule has 0 aliphatic rings. The van der Waals surface area contributed by atoms with Crippen LogP contribution in [0.15, 0.2) is 18.2 Å². The van der Waals surface area contributed by atoms with Crippen LogP contribution in [-0.4, -0.2) is 19.3 Å². The Hall–Kier alpha value is -0.280. The maximum Gasteiger partial charge on any atom is 0.0817 e. The van der Waals surface area contributed by atoms with Crippen LogP contribution in [-0.2, 0) is 4.74 Å². The Bertz CT molecular complexity index is 429. The molecule has 1 aromatic rings. The third kappa shape index (κ3) is 4.63. The number of halogens is 2. The van der Waals surface area contributed by atoms with Crippen LogP contribution in [0.1, 0.15) is 46.2 Å². The van der Waals surface area contributed by atoms with Crippen LogP contribution >= 0.6 is 23.2 Å². The Morgan fingerprint density at radius 2 is 1.80 bits per heavy atom. The number of benzene rings is 1. The first kappa shape index (κ1) is 17.8. The SMILES string of the molecule is CCNC(c1ccc(Cl)c(Cl)c1)C(OCC)C(C)(C)C. The largest absolute Gasteiger partial charge is 0.376 e. The molecule has 0 aliphatic heterocycles. The topological polar surface area (TPSA) is 21.3 Å². The molecule has 0 amide bonds. The summed E-state index contributed by atoms with van der Waals surface area (Å²) in [6.07, 6.45) is 0.0599. The van der Waals surface area contributed by atoms with Gasteiger partial charge in [0.2, 0.25) is 0 Å². The molecule has 0 aliphatic carbocycles. The first-order valence-corrected chi connectivity index (χ1v) is 7.86. The van der Waals surface area contributed by atoms with Gasteiger partial charge in [0.05, 0.1) is 22.2 Å². The van der Waals surface area contributed by atoms with E-state index in [0.29, 0.717) is 16.7 Å². The zero-order valence-electron chi connectivity index (χ0n) is 13.0. The molecule has 0 saturated carbocycles. The molecule has 0 bridgehead atoms. The van der Waals surface area contributed by atoms with Crippen molar-refractivity contribution in [2.45, 2.75) is 46.8 Å². The third-order valence-corrected chi connectivity index (χ3v) is 3.97. The molecule has 114 valence electrons. The summed E-state index contributed by atoms with van der Waals surface area (Å²) in [4.78, 5) is 0. The molecule has 2 atom stereocenters. The van der Waals surface area contributed by atoms with E-state index in [9.17, 15) is 0 Å². The average molecular weight is 318 g/mol. The molecule has 0 heterocycles. The molecule has 0 fully saturated rings. The predicted molar refractivity (Wildman–Crippen MR) is 87.7 cm³/mol. The van der Waals surface area contributed by atoms with Gasteiger partial charge in [0.1, 0.15) is 0 Å². The summed E-state index contributed by atoms with van der Waals surface area (Å²) < 4.78 is 6.01. The van der Waals surface area contributed by atoms with E-state index in [0.717, 1.165) is 12.1 Å². The van der Waals surface area contributed by atoms with E-state index in [1.54, 1.807) is 0 Å². The first-order valence-electron chi connectivity index (χ1n) is 7.11. The van der Waals surface area contributed by atoms with E-state index in [4.69, 9.17) is 27.9 Å². The van der Waals surface area contributed by atoms with Crippen LogP contribution in [0.2, 0.25) is 10.0 Å². The van der Waals surface area contributed by atoms with Gasteiger partial charge in [-0.1, -0.05) is 57.0 Å². The number of rotatable bonds is 6. The van der Waals surface area contributed by atoms with Crippen molar-refractivity contribution in [2.75, 3.05) is 13.2 Å². The van der Waals surface area contributed by atoms with Gasteiger partial charge in [-0.05, 0) is 36.6 Å². The quantitative estimate of drug-likeness (QED) is 0.788.